The number of halogens is 7. The molecule has 1 saturated heterocycles. The topological polar surface area (TPSA) is 116 Å². The molecule has 214 valence electrons. The molecule has 0 unspecified atom stereocenters. The zero-order valence-corrected chi connectivity index (χ0v) is 20.4. The molecule has 1 aliphatic heterocycles. The molecule has 4 rings (SSSR count). The smallest absolute Gasteiger partial charge is 0.379 e. The summed E-state index contributed by atoms with van der Waals surface area (Å²) < 4.78 is 97.7. The van der Waals surface area contributed by atoms with E-state index in [1.165, 1.54) is 0 Å². The van der Waals surface area contributed by atoms with Crippen LogP contribution in [0.15, 0.2) is 23.4 Å². The van der Waals surface area contributed by atoms with Gasteiger partial charge in [-0.2, -0.15) is 35.8 Å². The van der Waals surface area contributed by atoms with E-state index in [4.69, 9.17) is 4.74 Å². The summed E-state index contributed by atoms with van der Waals surface area (Å²) in [6.45, 7) is 2.76. The fourth-order valence-electron chi connectivity index (χ4n) is 4.23. The normalized spacial score (nSPS) is 19.6. The second-order valence-electron chi connectivity index (χ2n) is 9.22. The molecule has 2 fully saturated rings. The molecule has 0 radical (unpaired) electrons. The Kier molecular flexibility index (Phi) is 7.73. The molecular weight excluding hydrogens is 543 g/mol. The monoisotopic (exact) mass is 567 g/mol. The zero-order chi connectivity index (χ0) is 28.6. The number of rotatable bonds is 9. The standard InChI is InChI=1S/C22H24F7N7O3/c1-12(33-14-10-32-34-18(38)16(14)22(27,28)29)11-39-7-2-15(37)35-3-5-36(6-4-35)19-30-8-13(9-31-19)17-20(23,24)21(17,25)26/h8-10,12,17H,2-7,11H2,1H3,(H2,33,34,38)/t12-/m0/s1. The van der Waals surface area contributed by atoms with Crippen molar-refractivity contribution in [2.24, 2.45) is 0 Å². The third-order valence-corrected chi connectivity index (χ3v) is 6.36. The van der Waals surface area contributed by atoms with Crippen molar-refractivity contribution in [3.05, 3.63) is 40.1 Å². The predicted octanol–water partition coefficient (Wildman–Crippen LogP) is 2.50. The molecule has 1 saturated carbocycles. The average molecular weight is 567 g/mol. The summed E-state index contributed by atoms with van der Waals surface area (Å²) in [5, 5.41) is 7.65. The van der Waals surface area contributed by atoms with Crippen molar-refractivity contribution in [1.82, 2.24) is 25.1 Å². The van der Waals surface area contributed by atoms with E-state index in [1.54, 1.807) is 21.8 Å². The van der Waals surface area contributed by atoms with Crippen molar-refractivity contribution in [3.8, 4) is 0 Å². The van der Waals surface area contributed by atoms with Gasteiger partial charge in [0.15, 0.2) is 0 Å². The highest BCUT2D eigenvalue weighted by Gasteiger charge is 2.86. The van der Waals surface area contributed by atoms with Crippen LogP contribution < -0.4 is 15.8 Å². The van der Waals surface area contributed by atoms with Crippen LogP contribution in [0.1, 0.15) is 30.4 Å². The molecule has 0 spiro atoms. The molecule has 2 aliphatic rings. The van der Waals surface area contributed by atoms with Crippen molar-refractivity contribution in [2.45, 2.75) is 43.3 Å². The van der Waals surface area contributed by atoms with Gasteiger partial charge < -0.3 is 19.9 Å². The summed E-state index contributed by atoms with van der Waals surface area (Å²) in [5.74, 6) is -10.5. The van der Waals surface area contributed by atoms with Crippen LogP contribution in [0.2, 0.25) is 0 Å². The van der Waals surface area contributed by atoms with Gasteiger partial charge in [-0.15, -0.1) is 0 Å². The molecule has 3 heterocycles. The van der Waals surface area contributed by atoms with Gasteiger partial charge in [-0.05, 0) is 6.92 Å². The first kappa shape index (κ1) is 28.5. The number of nitrogens with zero attached hydrogens (tertiary/aromatic N) is 5. The van der Waals surface area contributed by atoms with Crippen molar-refractivity contribution in [2.75, 3.05) is 49.6 Å². The number of aromatic nitrogens is 4. The Balaban J connectivity index is 1.18. The zero-order valence-electron chi connectivity index (χ0n) is 20.4. The minimum Gasteiger partial charge on any atom is -0.379 e. The van der Waals surface area contributed by atoms with Gasteiger partial charge in [0.2, 0.25) is 11.9 Å². The van der Waals surface area contributed by atoms with Crippen LogP contribution in [0.4, 0.5) is 42.4 Å². The quantitative estimate of drug-likeness (QED) is 0.351. The number of hydrogen-bond acceptors (Lipinski definition) is 8. The minimum atomic E-state index is -4.88. The lowest BCUT2D eigenvalue weighted by Gasteiger charge is -2.34. The van der Waals surface area contributed by atoms with Crippen LogP contribution in [-0.2, 0) is 15.7 Å². The van der Waals surface area contributed by atoms with Gasteiger partial charge in [0.1, 0.15) is 11.5 Å². The summed E-state index contributed by atoms with van der Waals surface area (Å²) in [7, 11) is 0. The number of carbonyl (C=O) groups is 1. The van der Waals surface area contributed by atoms with Gasteiger partial charge in [-0.3, -0.25) is 9.59 Å². The number of alkyl halides is 7. The van der Waals surface area contributed by atoms with Crippen molar-refractivity contribution in [3.63, 3.8) is 0 Å². The number of aromatic amines is 1. The van der Waals surface area contributed by atoms with Crippen LogP contribution in [-0.4, -0.2) is 88.3 Å². The summed E-state index contributed by atoms with van der Waals surface area (Å²) in [4.78, 5) is 35.1. The number of carbonyl (C=O) groups excluding carboxylic acids is 1. The average Bonchev–Trinajstić information content (AvgIpc) is 3.28. The first-order valence-corrected chi connectivity index (χ1v) is 11.8. The molecular formula is C22H24F7N7O3. The molecule has 17 heteroatoms. The van der Waals surface area contributed by atoms with Crippen LogP contribution in [0.25, 0.3) is 0 Å². The first-order valence-electron chi connectivity index (χ1n) is 11.8. The van der Waals surface area contributed by atoms with Gasteiger partial charge in [-0.25, -0.2) is 15.1 Å². The van der Waals surface area contributed by atoms with Crippen LogP contribution in [0.3, 0.4) is 0 Å². The number of anilines is 2. The Hall–Kier alpha value is -3.50. The summed E-state index contributed by atoms with van der Waals surface area (Å²) in [6, 6.07) is -0.628. The van der Waals surface area contributed by atoms with Gasteiger partial charge in [0.05, 0.1) is 31.5 Å². The lowest BCUT2D eigenvalue weighted by Crippen LogP contribution is -2.49. The molecule has 2 aromatic heterocycles. The second kappa shape index (κ2) is 10.6. The Bertz CT molecular complexity index is 1220. The van der Waals surface area contributed by atoms with Crippen LogP contribution >= 0.6 is 0 Å². The Labute approximate surface area is 216 Å². The van der Waals surface area contributed by atoms with E-state index in [0.29, 0.717) is 26.2 Å². The van der Waals surface area contributed by atoms with E-state index >= 15 is 0 Å². The van der Waals surface area contributed by atoms with Crippen molar-refractivity contribution < 1.29 is 40.3 Å². The lowest BCUT2D eigenvalue weighted by atomic mass is 10.2. The largest absolute Gasteiger partial charge is 0.423 e. The van der Waals surface area contributed by atoms with E-state index in [0.717, 1.165) is 18.6 Å². The molecule has 1 aliphatic carbocycles. The molecule has 2 N–H and O–H groups in total. The molecule has 1 amide bonds. The Morgan fingerprint density at radius 3 is 2.31 bits per heavy atom. The number of piperazine rings is 1. The Morgan fingerprint density at radius 2 is 1.74 bits per heavy atom. The van der Waals surface area contributed by atoms with E-state index in [1.807, 2.05) is 0 Å². The highest BCUT2D eigenvalue weighted by atomic mass is 19.4. The first-order chi connectivity index (χ1) is 18.2. The van der Waals surface area contributed by atoms with Crippen LogP contribution in [0.5, 0.6) is 0 Å². The maximum Gasteiger partial charge on any atom is 0.423 e. The molecule has 0 bridgehead atoms. The predicted molar refractivity (Wildman–Crippen MR) is 122 cm³/mol. The third-order valence-electron chi connectivity index (χ3n) is 6.36. The SMILES string of the molecule is C[C@@H](COCCC(=O)N1CCN(c2ncc(C3C(F)(F)C3(F)F)cn2)CC1)Nc1cn[nH]c(=O)c1C(F)(F)F. The Morgan fingerprint density at radius 1 is 1.13 bits per heavy atom. The van der Waals surface area contributed by atoms with Gasteiger partial charge in [-0.1, -0.05) is 0 Å². The molecule has 2 aromatic rings. The highest BCUT2D eigenvalue weighted by Crippen LogP contribution is 2.67. The maximum atomic E-state index is 13.2. The van der Waals surface area contributed by atoms with E-state index in [2.05, 4.69) is 20.4 Å². The van der Waals surface area contributed by atoms with E-state index in [9.17, 15) is 40.3 Å². The second-order valence-corrected chi connectivity index (χ2v) is 9.22. The fraction of sp³-hybridized carbons (Fsp3) is 0.591. The van der Waals surface area contributed by atoms with E-state index in [-0.39, 0.29) is 37.1 Å². The summed E-state index contributed by atoms with van der Waals surface area (Å²) >= 11 is 0. The highest BCUT2D eigenvalue weighted by molar-refractivity contribution is 5.76. The van der Waals surface area contributed by atoms with Gasteiger partial charge in [0.25, 0.3) is 5.56 Å². The molecule has 1 atom stereocenters. The number of H-pyrrole nitrogens is 1. The molecule has 10 nitrogen and oxygen atoms in total. The third kappa shape index (κ3) is 5.91. The van der Waals surface area contributed by atoms with E-state index < -0.39 is 46.8 Å². The van der Waals surface area contributed by atoms with Crippen LogP contribution in [0, 0.1) is 0 Å². The van der Waals surface area contributed by atoms with Gasteiger partial charge in [0, 0.05) is 50.2 Å². The summed E-state index contributed by atoms with van der Waals surface area (Å²) in [5.41, 5.74) is -3.60. The molecule has 0 aromatic carbocycles. The maximum absolute atomic E-state index is 13.2. The lowest BCUT2D eigenvalue weighted by molar-refractivity contribution is -0.138. The minimum absolute atomic E-state index is 0.00578. The number of nitrogens with one attached hydrogen (secondary N) is 2. The number of ether oxygens (including phenoxy) is 1. The number of amides is 1. The number of hydrogen-bond donors (Lipinski definition) is 2. The fourth-order valence-corrected chi connectivity index (χ4v) is 4.23. The van der Waals surface area contributed by atoms with Crippen molar-refractivity contribution in [1.29, 1.82) is 0 Å². The summed E-state index contributed by atoms with van der Waals surface area (Å²) in [6.07, 6.45) is -2.08. The van der Waals surface area contributed by atoms with Gasteiger partial charge >= 0.3 is 18.0 Å². The molecule has 39 heavy (non-hydrogen) atoms. The van der Waals surface area contributed by atoms with Crippen molar-refractivity contribution >= 4 is 17.5 Å².